The number of hydrogen-bond acceptors (Lipinski definition) is 2. The van der Waals surface area contributed by atoms with Crippen molar-refractivity contribution in [1.82, 2.24) is 4.90 Å². The first-order valence-corrected chi connectivity index (χ1v) is 5.06. The number of nitrogens with two attached hydrogens (primary N) is 1. The second-order valence-corrected chi connectivity index (χ2v) is 4.06. The molecule has 5 heteroatoms. The Bertz CT molecular complexity index is 340. The summed E-state index contributed by atoms with van der Waals surface area (Å²) in [4.78, 5) is 2.11. The number of nitrogens with zero attached hydrogens (tertiary/aromatic N) is 1. The summed E-state index contributed by atoms with van der Waals surface area (Å²) in [5.74, 6) is -1.04. The molecule has 2 rings (SSSR count). The van der Waals surface area contributed by atoms with Gasteiger partial charge < -0.3 is 5.73 Å². The van der Waals surface area contributed by atoms with Gasteiger partial charge in [0.2, 0.25) is 0 Å². The molecule has 90 valence electrons. The molecule has 1 aliphatic heterocycles. The molecule has 0 aromatic heterocycles. The van der Waals surface area contributed by atoms with Crippen LogP contribution in [-0.2, 0) is 6.54 Å². The number of likely N-dealkylation sites (tertiary alicyclic amines) is 1. The molecule has 0 saturated carbocycles. The van der Waals surface area contributed by atoms with Crippen LogP contribution >= 0.6 is 12.4 Å². The van der Waals surface area contributed by atoms with E-state index in [-0.39, 0.29) is 18.4 Å². The SMILES string of the molecule is Cl.NC1CCN(Cc2cc(F)cc(F)c2)C1. The lowest BCUT2D eigenvalue weighted by Crippen LogP contribution is -2.26. The van der Waals surface area contributed by atoms with Crippen LogP contribution in [0.5, 0.6) is 0 Å². The zero-order chi connectivity index (χ0) is 10.8. The van der Waals surface area contributed by atoms with Crippen LogP contribution in [0.3, 0.4) is 0 Å². The van der Waals surface area contributed by atoms with E-state index in [4.69, 9.17) is 5.73 Å². The van der Waals surface area contributed by atoms with Gasteiger partial charge in [0.1, 0.15) is 11.6 Å². The van der Waals surface area contributed by atoms with E-state index in [1.807, 2.05) is 0 Å². The van der Waals surface area contributed by atoms with Crippen molar-refractivity contribution in [3.8, 4) is 0 Å². The summed E-state index contributed by atoms with van der Waals surface area (Å²) in [6.07, 6.45) is 0.956. The molecule has 2 N–H and O–H groups in total. The Kier molecular flexibility index (Phi) is 4.65. The van der Waals surface area contributed by atoms with Crippen LogP contribution in [0, 0.1) is 11.6 Å². The Morgan fingerprint density at radius 2 is 1.88 bits per heavy atom. The Morgan fingerprint density at radius 3 is 2.38 bits per heavy atom. The van der Waals surface area contributed by atoms with Crippen LogP contribution in [0.4, 0.5) is 8.78 Å². The number of benzene rings is 1. The quantitative estimate of drug-likeness (QED) is 0.867. The molecule has 0 spiro atoms. The van der Waals surface area contributed by atoms with E-state index >= 15 is 0 Å². The van der Waals surface area contributed by atoms with Crippen molar-refractivity contribution in [1.29, 1.82) is 0 Å². The van der Waals surface area contributed by atoms with Gasteiger partial charge >= 0.3 is 0 Å². The molecule has 1 aromatic carbocycles. The molecular weight excluding hydrogens is 234 g/mol. The summed E-state index contributed by atoms with van der Waals surface area (Å²) in [5.41, 5.74) is 6.42. The van der Waals surface area contributed by atoms with E-state index in [0.717, 1.165) is 25.6 Å². The van der Waals surface area contributed by atoms with Gasteiger partial charge in [-0.05, 0) is 24.1 Å². The van der Waals surface area contributed by atoms with Gasteiger partial charge in [-0.1, -0.05) is 0 Å². The smallest absolute Gasteiger partial charge is 0.126 e. The number of hydrogen-bond donors (Lipinski definition) is 1. The minimum Gasteiger partial charge on any atom is -0.326 e. The minimum absolute atomic E-state index is 0. The zero-order valence-electron chi connectivity index (χ0n) is 8.83. The van der Waals surface area contributed by atoms with Crippen molar-refractivity contribution in [3.05, 3.63) is 35.4 Å². The maximum absolute atomic E-state index is 12.9. The molecule has 1 fully saturated rings. The van der Waals surface area contributed by atoms with Crippen LogP contribution < -0.4 is 5.73 Å². The van der Waals surface area contributed by atoms with Crippen molar-refractivity contribution in [3.63, 3.8) is 0 Å². The monoisotopic (exact) mass is 248 g/mol. The Balaban J connectivity index is 0.00000128. The van der Waals surface area contributed by atoms with Gasteiger partial charge in [0.05, 0.1) is 0 Å². The molecule has 0 bridgehead atoms. The summed E-state index contributed by atoms with van der Waals surface area (Å²) in [7, 11) is 0. The van der Waals surface area contributed by atoms with Gasteiger partial charge in [-0.2, -0.15) is 0 Å². The van der Waals surface area contributed by atoms with Crippen molar-refractivity contribution < 1.29 is 8.78 Å². The van der Waals surface area contributed by atoms with E-state index in [2.05, 4.69) is 4.90 Å². The molecule has 0 amide bonds. The maximum Gasteiger partial charge on any atom is 0.126 e. The molecular formula is C11H15ClF2N2. The Labute approximate surface area is 99.8 Å². The van der Waals surface area contributed by atoms with Crippen molar-refractivity contribution in [2.75, 3.05) is 13.1 Å². The Hall–Kier alpha value is -0.710. The van der Waals surface area contributed by atoms with Crippen LogP contribution in [0.1, 0.15) is 12.0 Å². The van der Waals surface area contributed by atoms with Crippen LogP contribution in [0.2, 0.25) is 0 Å². The average molecular weight is 249 g/mol. The fourth-order valence-electron chi connectivity index (χ4n) is 1.97. The topological polar surface area (TPSA) is 29.3 Å². The van der Waals surface area contributed by atoms with Crippen LogP contribution in [-0.4, -0.2) is 24.0 Å². The zero-order valence-corrected chi connectivity index (χ0v) is 9.64. The van der Waals surface area contributed by atoms with Crippen LogP contribution in [0.25, 0.3) is 0 Å². The van der Waals surface area contributed by atoms with Crippen molar-refractivity contribution in [2.24, 2.45) is 5.73 Å². The predicted octanol–water partition coefficient (Wildman–Crippen LogP) is 1.92. The summed E-state index contributed by atoms with van der Waals surface area (Å²) in [5, 5.41) is 0. The lowest BCUT2D eigenvalue weighted by Gasteiger charge is -2.15. The van der Waals surface area contributed by atoms with Gasteiger partial charge in [-0.25, -0.2) is 8.78 Å². The van der Waals surface area contributed by atoms with E-state index in [0.29, 0.717) is 12.1 Å². The van der Waals surface area contributed by atoms with Gasteiger partial charge in [-0.3, -0.25) is 4.90 Å². The van der Waals surface area contributed by atoms with Gasteiger partial charge in [-0.15, -0.1) is 12.4 Å². The highest BCUT2D eigenvalue weighted by Crippen LogP contribution is 2.14. The Morgan fingerprint density at radius 1 is 1.25 bits per heavy atom. The number of halogens is 3. The molecule has 1 heterocycles. The lowest BCUT2D eigenvalue weighted by molar-refractivity contribution is 0.325. The molecule has 0 radical (unpaired) electrons. The highest BCUT2D eigenvalue weighted by atomic mass is 35.5. The normalized spacial score (nSPS) is 20.8. The molecule has 2 nitrogen and oxygen atoms in total. The minimum atomic E-state index is -0.520. The first-order valence-electron chi connectivity index (χ1n) is 5.06. The lowest BCUT2D eigenvalue weighted by atomic mass is 10.2. The largest absolute Gasteiger partial charge is 0.326 e. The molecule has 1 aromatic rings. The third kappa shape index (κ3) is 3.40. The standard InChI is InChI=1S/C11H14F2N2.ClH/c12-9-3-8(4-10(13)5-9)6-15-2-1-11(14)7-15;/h3-5,11H,1-2,6-7,14H2;1H. The van der Waals surface area contributed by atoms with Gasteiger partial charge in [0, 0.05) is 31.7 Å². The molecule has 1 atom stereocenters. The number of rotatable bonds is 2. The highest BCUT2D eigenvalue weighted by Gasteiger charge is 2.19. The molecule has 1 unspecified atom stereocenters. The molecule has 0 aliphatic carbocycles. The third-order valence-corrected chi connectivity index (χ3v) is 2.64. The first-order chi connectivity index (χ1) is 7.13. The summed E-state index contributed by atoms with van der Waals surface area (Å²) >= 11 is 0. The molecule has 1 aliphatic rings. The maximum atomic E-state index is 12.9. The predicted molar refractivity (Wildman–Crippen MR) is 61.5 cm³/mol. The fraction of sp³-hybridized carbons (Fsp3) is 0.455. The fourth-order valence-corrected chi connectivity index (χ4v) is 1.97. The van der Waals surface area contributed by atoms with E-state index in [1.165, 1.54) is 12.1 Å². The van der Waals surface area contributed by atoms with Gasteiger partial charge in [0.25, 0.3) is 0 Å². The third-order valence-electron chi connectivity index (χ3n) is 2.64. The van der Waals surface area contributed by atoms with E-state index < -0.39 is 11.6 Å². The average Bonchev–Trinajstić information content (AvgIpc) is 2.49. The second-order valence-electron chi connectivity index (χ2n) is 4.06. The van der Waals surface area contributed by atoms with Crippen molar-refractivity contribution in [2.45, 2.75) is 19.0 Å². The van der Waals surface area contributed by atoms with E-state index in [1.54, 1.807) is 0 Å². The van der Waals surface area contributed by atoms with Crippen LogP contribution in [0.15, 0.2) is 18.2 Å². The van der Waals surface area contributed by atoms with E-state index in [9.17, 15) is 8.78 Å². The summed E-state index contributed by atoms with van der Waals surface area (Å²) < 4.78 is 25.8. The van der Waals surface area contributed by atoms with Crippen molar-refractivity contribution >= 4 is 12.4 Å². The summed E-state index contributed by atoms with van der Waals surface area (Å²) in [6, 6.07) is 3.82. The highest BCUT2D eigenvalue weighted by molar-refractivity contribution is 5.85. The van der Waals surface area contributed by atoms with Gasteiger partial charge in [0.15, 0.2) is 0 Å². The molecule has 16 heavy (non-hydrogen) atoms. The summed E-state index contributed by atoms with van der Waals surface area (Å²) in [6.45, 7) is 2.28. The second kappa shape index (κ2) is 5.57. The first kappa shape index (κ1) is 13.4. The molecule has 1 saturated heterocycles.